The van der Waals surface area contributed by atoms with E-state index in [0.717, 1.165) is 18.6 Å². The van der Waals surface area contributed by atoms with E-state index in [-0.39, 0.29) is 18.4 Å². The van der Waals surface area contributed by atoms with Gasteiger partial charge in [0.25, 0.3) is 11.8 Å². The van der Waals surface area contributed by atoms with Gasteiger partial charge in [0.1, 0.15) is 17.2 Å². The Hall–Kier alpha value is -3.55. The minimum Gasteiger partial charge on any atom is -0.494 e. The van der Waals surface area contributed by atoms with Crippen LogP contribution >= 0.6 is 0 Å². The fourth-order valence-corrected chi connectivity index (χ4v) is 3.63. The number of benzene rings is 2. The third-order valence-electron chi connectivity index (χ3n) is 5.37. The van der Waals surface area contributed by atoms with Gasteiger partial charge in [-0.25, -0.2) is 0 Å². The number of nitrogens with one attached hydrogen (secondary N) is 1. The van der Waals surface area contributed by atoms with Crippen LogP contribution in [0.5, 0.6) is 17.2 Å². The zero-order chi connectivity index (χ0) is 23.6. The van der Waals surface area contributed by atoms with Gasteiger partial charge >= 0.3 is 5.97 Å². The van der Waals surface area contributed by atoms with Gasteiger partial charge in [-0.2, -0.15) is 0 Å². The highest BCUT2D eigenvalue weighted by atomic mass is 16.5. The Kier molecular flexibility index (Phi) is 8.69. The first kappa shape index (κ1) is 24.1. The number of carbonyl (C=O) groups is 3. The molecule has 0 spiro atoms. The molecular formula is C25H30N2O6. The molecule has 1 heterocycles. The molecule has 0 unspecified atom stereocenters. The smallest absolute Gasteiger partial charge is 0.308 e. The average Bonchev–Trinajstić information content (AvgIpc) is 2.82. The van der Waals surface area contributed by atoms with Crippen LogP contribution in [0.4, 0.5) is 0 Å². The fraction of sp³-hybridized carbons (Fsp3) is 0.400. The third kappa shape index (κ3) is 7.52. The molecule has 0 saturated carbocycles. The molecule has 0 aromatic heterocycles. The maximum atomic E-state index is 12.5. The van der Waals surface area contributed by atoms with Crippen LogP contribution in [0, 0.1) is 5.92 Å². The molecule has 1 aliphatic heterocycles. The summed E-state index contributed by atoms with van der Waals surface area (Å²) in [7, 11) is 0. The molecule has 1 fully saturated rings. The van der Waals surface area contributed by atoms with Crippen LogP contribution in [0.25, 0.3) is 0 Å². The van der Waals surface area contributed by atoms with Crippen LogP contribution in [0.15, 0.2) is 48.5 Å². The molecule has 176 valence electrons. The van der Waals surface area contributed by atoms with Gasteiger partial charge in [-0.3, -0.25) is 14.4 Å². The molecule has 8 nitrogen and oxygen atoms in total. The number of esters is 1. The summed E-state index contributed by atoms with van der Waals surface area (Å²) < 4.78 is 16.0. The van der Waals surface area contributed by atoms with Crippen LogP contribution in [0.1, 0.15) is 37.0 Å². The lowest BCUT2D eigenvalue weighted by Crippen LogP contribution is -2.43. The van der Waals surface area contributed by atoms with Crippen LogP contribution < -0.4 is 19.5 Å². The summed E-state index contributed by atoms with van der Waals surface area (Å²) >= 11 is 0. The number of amides is 2. The largest absolute Gasteiger partial charge is 0.494 e. The van der Waals surface area contributed by atoms with Gasteiger partial charge in [0.05, 0.1) is 6.61 Å². The number of rotatable bonds is 9. The van der Waals surface area contributed by atoms with Crippen molar-refractivity contribution in [1.82, 2.24) is 10.2 Å². The van der Waals surface area contributed by atoms with E-state index in [1.54, 1.807) is 41.3 Å². The van der Waals surface area contributed by atoms with E-state index in [9.17, 15) is 14.4 Å². The van der Waals surface area contributed by atoms with Gasteiger partial charge in [0.15, 0.2) is 6.61 Å². The summed E-state index contributed by atoms with van der Waals surface area (Å²) in [6.45, 7) is 5.63. The quantitative estimate of drug-likeness (QED) is 0.462. The van der Waals surface area contributed by atoms with Crippen molar-refractivity contribution in [3.05, 3.63) is 54.1 Å². The average molecular weight is 455 g/mol. The molecule has 8 heteroatoms. The van der Waals surface area contributed by atoms with Gasteiger partial charge in [0, 0.05) is 32.1 Å². The van der Waals surface area contributed by atoms with Crippen molar-refractivity contribution in [2.45, 2.75) is 26.7 Å². The highest BCUT2D eigenvalue weighted by Crippen LogP contribution is 2.20. The predicted molar refractivity (Wildman–Crippen MR) is 122 cm³/mol. The van der Waals surface area contributed by atoms with Crippen LogP contribution in [0.3, 0.4) is 0 Å². The summed E-state index contributed by atoms with van der Waals surface area (Å²) in [4.78, 5) is 37.8. The Morgan fingerprint density at radius 1 is 0.970 bits per heavy atom. The highest BCUT2D eigenvalue weighted by molar-refractivity contribution is 5.94. The first-order valence-corrected chi connectivity index (χ1v) is 11.1. The molecule has 1 saturated heterocycles. The van der Waals surface area contributed by atoms with Crippen molar-refractivity contribution >= 4 is 17.8 Å². The van der Waals surface area contributed by atoms with Gasteiger partial charge in [0.2, 0.25) is 0 Å². The Labute approximate surface area is 193 Å². The van der Waals surface area contributed by atoms with Crippen LogP contribution in [-0.4, -0.2) is 55.5 Å². The second-order valence-corrected chi connectivity index (χ2v) is 7.85. The molecule has 0 radical (unpaired) electrons. The monoisotopic (exact) mass is 454 g/mol. The van der Waals surface area contributed by atoms with Gasteiger partial charge < -0.3 is 24.4 Å². The van der Waals surface area contributed by atoms with E-state index >= 15 is 0 Å². The second-order valence-electron chi connectivity index (χ2n) is 7.85. The second kappa shape index (κ2) is 11.9. The summed E-state index contributed by atoms with van der Waals surface area (Å²) in [6, 6.07) is 13.7. The van der Waals surface area contributed by atoms with Crippen molar-refractivity contribution in [3.8, 4) is 17.2 Å². The first-order valence-electron chi connectivity index (χ1n) is 11.1. The molecule has 3 rings (SSSR count). The lowest BCUT2D eigenvalue weighted by molar-refractivity contribution is -0.135. The molecule has 33 heavy (non-hydrogen) atoms. The Bertz CT molecular complexity index is 952. The van der Waals surface area contributed by atoms with E-state index in [1.807, 2.05) is 19.1 Å². The first-order chi connectivity index (χ1) is 15.9. The normalized spacial score (nSPS) is 13.8. The number of hydrogen-bond donors (Lipinski definition) is 1. The molecule has 0 atom stereocenters. The van der Waals surface area contributed by atoms with Crippen molar-refractivity contribution < 1.29 is 28.6 Å². The highest BCUT2D eigenvalue weighted by Gasteiger charge is 2.23. The maximum Gasteiger partial charge on any atom is 0.308 e. The SMILES string of the molecule is CCOc1ccc(OCC(=O)N2CCC(CNC(=O)c3cccc(OC(C)=O)c3)CC2)cc1. The lowest BCUT2D eigenvalue weighted by atomic mass is 9.96. The number of likely N-dealkylation sites (tertiary alicyclic amines) is 1. The standard InChI is InChI=1S/C25H30N2O6/c1-3-31-21-7-9-22(10-8-21)32-17-24(29)27-13-11-19(12-14-27)16-26-25(30)20-5-4-6-23(15-20)33-18(2)28/h4-10,15,19H,3,11-14,16-17H2,1-2H3,(H,26,30). The van der Waals surface area contributed by atoms with Crippen molar-refractivity contribution in [3.63, 3.8) is 0 Å². The predicted octanol–water partition coefficient (Wildman–Crippen LogP) is 3.06. The lowest BCUT2D eigenvalue weighted by Gasteiger charge is -2.32. The zero-order valence-electron chi connectivity index (χ0n) is 19.0. The summed E-state index contributed by atoms with van der Waals surface area (Å²) in [6.07, 6.45) is 1.62. The fourth-order valence-electron chi connectivity index (χ4n) is 3.63. The molecule has 0 bridgehead atoms. The number of piperidine rings is 1. The Balaban J connectivity index is 1.38. The van der Waals surface area contributed by atoms with E-state index in [0.29, 0.717) is 49.2 Å². The Morgan fingerprint density at radius 2 is 1.64 bits per heavy atom. The number of nitrogens with zero attached hydrogens (tertiary/aromatic N) is 1. The number of ether oxygens (including phenoxy) is 3. The van der Waals surface area contributed by atoms with Crippen molar-refractivity contribution in [2.75, 3.05) is 32.8 Å². The zero-order valence-corrected chi connectivity index (χ0v) is 19.0. The molecule has 2 aromatic rings. The van der Waals surface area contributed by atoms with Gasteiger partial charge in [-0.1, -0.05) is 6.07 Å². The molecular weight excluding hydrogens is 424 g/mol. The minimum atomic E-state index is -0.432. The third-order valence-corrected chi connectivity index (χ3v) is 5.37. The van der Waals surface area contributed by atoms with E-state index in [1.165, 1.54) is 6.92 Å². The Morgan fingerprint density at radius 3 is 2.27 bits per heavy atom. The number of carbonyl (C=O) groups excluding carboxylic acids is 3. The molecule has 0 aliphatic carbocycles. The van der Waals surface area contributed by atoms with Gasteiger partial charge in [-0.15, -0.1) is 0 Å². The van der Waals surface area contributed by atoms with Crippen molar-refractivity contribution in [1.29, 1.82) is 0 Å². The van der Waals surface area contributed by atoms with E-state index in [2.05, 4.69) is 5.32 Å². The maximum absolute atomic E-state index is 12.5. The summed E-state index contributed by atoms with van der Waals surface area (Å²) in [5.41, 5.74) is 0.438. The minimum absolute atomic E-state index is 0.00589. The van der Waals surface area contributed by atoms with Gasteiger partial charge in [-0.05, 0) is 68.1 Å². The van der Waals surface area contributed by atoms with Crippen LogP contribution in [0.2, 0.25) is 0 Å². The topological polar surface area (TPSA) is 94.2 Å². The molecule has 1 aliphatic rings. The molecule has 2 amide bonds. The van der Waals surface area contributed by atoms with Crippen LogP contribution in [-0.2, 0) is 9.59 Å². The molecule has 2 aromatic carbocycles. The summed E-state index contributed by atoms with van der Waals surface area (Å²) in [5.74, 6) is 1.33. The molecule has 1 N–H and O–H groups in total. The van der Waals surface area contributed by atoms with E-state index in [4.69, 9.17) is 14.2 Å². The van der Waals surface area contributed by atoms with E-state index < -0.39 is 5.97 Å². The van der Waals surface area contributed by atoms with Crippen molar-refractivity contribution in [2.24, 2.45) is 5.92 Å². The number of hydrogen-bond acceptors (Lipinski definition) is 6. The summed E-state index contributed by atoms with van der Waals surface area (Å²) in [5, 5.41) is 2.94.